The molecule has 2 rings (SSSR count). The van der Waals surface area contributed by atoms with Gasteiger partial charge < -0.3 is 16.3 Å². The molecule has 0 saturated heterocycles. The number of hydrogen-bond acceptors (Lipinski definition) is 3. The molecule has 0 bridgehead atoms. The molecule has 0 amide bonds. The van der Waals surface area contributed by atoms with E-state index in [1.165, 1.54) is 11.1 Å². The van der Waals surface area contributed by atoms with E-state index in [0.29, 0.717) is 18.3 Å². The first kappa shape index (κ1) is 12.9. The molecule has 0 aromatic heterocycles. The van der Waals surface area contributed by atoms with E-state index in [0.717, 1.165) is 19.3 Å². The minimum atomic E-state index is 0.261. The number of nitrogens with zero attached hydrogens (tertiary/aromatic N) is 1. The fourth-order valence-electron chi connectivity index (χ4n) is 2.63. The Morgan fingerprint density at radius 1 is 1.56 bits per heavy atom. The molecule has 4 N–H and O–H groups in total. The van der Waals surface area contributed by atoms with Gasteiger partial charge in [-0.15, -0.1) is 0 Å². The molecule has 0 fully saturated rings. The summed E-state index contributed by atoms with van der Waals surface area (Å²) in [7, 11) is 0. The number of rotatable bonds is 5. The third-order valence-electron chi connectivity index (χ3n) is 3.65. The molecule has 2 atom stereocenters. The van der Waals surface area contributed by atoms with Crippen molar-refractivity contribution in [2.24, 2.45) is 10.9 Å². The van der Waals surface area contributed by atoms with E-state index in [2.05, 4.69) is 41.7 Å². The molecule has 98 valence electrons. The molecule has 0 saturated carbocycles. The van der Waals surface area contributed by atoms with Crippen molar-refractivity contribution >= 4 is 5.84 Å². The van der Waals surface area contributed by atoms with Crippen LogP contribution in [-0.4, -0.2) is 17.1 Å². The van der Waals surface area contributed by atoms with Crippen LogP contribution in [0.15, 0.2) is 29.4 Å². The molecule has 4 nitrogen and oxygen atoms in total. The van der Waals surface area contributed by atoms with Crippen molar-refractivity contribution in [3.8, 4) is 0 Å². The number of benzene rings is 1. The maximum atomic E-state index is 8.63. The average Bonchev–Trinajstić information content (AvgIpc) is 2.81. The lowest BCUT2D eigenvalue weighted by Crippen LogP contribution is -2.35. The maximum absolute atomic E-state index is 8.63. The highest BCUT2D eigenvalue weighted by atomic mass is 16.4. The number of oxime groups is 1. The van der Waals surface area contributed by atoms with Gasteiger partial charge in [0.05, 0.1) is 0 Å². The number of hydrogen-bond donors (Lipinski definition) is 3. The Morgan fingerprint density at radius 2 is 2.33 bits per heavy atom. The summed E-state index contributed by atoms with van der Waals surface area (Å²) in [5.74, 6) is 0.292. The first-order valence-electron chi connectivity index (χ1n) is 6.54. The van der Waals surface area contributed by atoms with Gasteiger partial charge in [0.1, 0.15) is 5.84 Å². The third-order valence-corrected chi connectivity index (χ3v) is 3.65. The van der Waals surface area contributed by atoms with Gasteiger partial charge in [0.2, 0.25) is 0 Å². The summed E-state index contributed by atoms with van der Waals surface area (Å²) in [6.07, 6.45) is 3.82. The molecule has 1 aliphatic rings. The fraction of sp³-hybridized carbons (Fsp3) is 0.500. The second-order valence-electron chi connectivity index (χ2n) is 4.86. The van der Waals surface area contributed by atoms with Crippen LogP contribution in [0.1, 0.15) is 43.4 Å². The summed E-state index contributed by atoms with van der Waals surface area (Å²) in [6, 6.07) is 9.23. The van der Waals surface area contributed by atoms with Gasteiger partial charge in [0, 0.05) is 18.5 Å². The van der Waals surface area contributed by atoms with Gasteiger partial charge in [-0.1, -0.05) is 36.3 Å². The zero-order valence-corrected chi connectivity index (χ0v) is 10.8. The first-order valence-corrected chi connectivity index (χ1v) is 6.54. The predicted octanol–water partition coefficient (Wildman–Crippen LogP) is 2.18. The lowest BCUT2D eigenvalue weighted by molar-refractivity contribution is 0.314. The Labute approximate surface area is 108 Å². The lowest BCUT2D eigenvalue weighted by Gasteiger charge is -2.22. The second kappa shape index (κ2) is 5.87. The van der Waals surface area contributed by atoms with Crippen molar-refractivity contribution in [2.75, 3.05) is 0 Å². The van der Waals surface area contributed by atoms with Crippen molar-refractivity contribution in [2.45, 2.75) is 44.7 Å². The smallest absolute Gasteiger partial charge is 0.140 e. The molecule has 1 aromatic carbocycles. The van der Waals surface area contributed by atoms with Crippen molar-refractivity contribution in [1.29, 1.82) is 0 Å². The van der Waals surface area contributed by atoms with Crippen LogP contribution < -0.4 is 11.1 Å². The number of aryl methyl sites for hydroxylation is 1. The Balaban J connectivity index is 2.01. The molecule has 0 aliphatic heterocycles. The molecular formula is C14H21N3O. The quantitative estimate of drug-likeness (QED) is 0.323. The van der Waals surface area contributed by atoms with Crippen LogP contribution in [0.4, 0.5) is 0 Å². The molecule has 1 aromatic rings. The van der Waals surface area contributed by atoms with E-state index in [1.807, 2.05) is 0 Å². The number of fused-ring (bicyclic) bond motifs is 1. The van der Waals surface area contributed by atoms with Crippen molar-refractivity contribution in [1.82, 2.24) is 5.32 Å². The summed E-state index contributed by atoms with van der Waals surface area (Å²) in [5.41, 5.74) is 8.42. The van der Waals surface area contributed by atoms with Crippen molar-refractivity contribution in [3.05, 3.63) is 35.4 Å². The molecular weight excluding hydrogens is 226 g/mol. The largest absolute Gasteiger partial charge is 0.409 e. The molecule has 0 heterocycles. The van der Waals surface area contributed by atoms with Crippen LogP contribution in [0, 0.1) is 0 Å². The maximum Gasteiger partial charge on any atom is 0.140 e. The van der Waals surface area contributed by atoms with Gasteiger partial charge in [0.15, 0.2) is 0 Å². The average molecular weight is 247 g/mol. The Morgan fingerprint density at radius 3 is 3.06 bits per heavy atom. The summed E-state index contributed by atoms with van der Waals surface area (Å²) in [6.45, 7) is 2.11. The second-order valence-corrected chi connectivity index (χ2v) is 4.86. The Hall–Kier alpha value is -1.55. The predicted molar refractivity (Wildman–Crippen MR) is 72.7 cm³/mol. The van der Waals surface area contributed by atoms with Crippen molar-refractivity contribution < 1.29 is 5.21 Å². The van der Waals surface area contributed by atoms with Gasteiger partial charge in [-0.2, -0.15) is 0 Å². The first-order chi connectivity index (χ1) is 8.74. The van der Waals surface area contributed by atoms with Crippen LogP contribution in [0.3, 0.4) is 0 Å². The third kappa shape index (κ3) is 2.82. The summed E-state index contributed by atoms with van der Waals surface area (Å²) in [5, 5.41) is 15.3. The summed E-state index contributed by atoms with van der Waals surface area (Å²) in [4.78, 5) is 0. The van der Waals surface area contributed by atoms with Gasteiger partial charge >= 0.3 is 0 Å². The summed E-state index contributed by atoms with van der Waals surface area (Å²) < 4.78 is 0. The minimum Gasteiger partial charge on any atom is -0.409 e. The van der Waals surface area contributed by atoms with E-state index >= 15 is 0 Å². The van der Waals surface area contributed by atoms with E-state index < -0.39 is 0 Å². The van der Waals surface area contributed by atoms with Gasteiger partial charge in [-0.25, -0.2) is 0 Å². The standard InChI is InChI=1S/C14H21N3O/c1-2-11(9-14(15)17-18)16-13-8-7-10-5-3-4-6-12(10)13/h3-6,11,13,16,18H,2,7-9H2,1H3,(H2,15,17). The van der Waals surface area contributed by atoms with Gasteiger partial charge in [0.25, 0.3) is 0 Å². The van der Waals surface area contributed by atoms with Crippen LogP contribution in [0.2, 0.25) is 0 Å². The van der Waals surface area contributed by atoms with E-state index in [-0.39, 0.29) is 6.04 Å². The molecule has 18 heavy (non-hydrogen) atoms. The van der Waals surface area contributed by atoms with Crippen LogP contribution >= 0.6 is 0 Å². The lowest BCUT2D eigenvalue weighted by atomic mass is 10.0. The monoisotopic (exact) mass is 247 g/mol. The Kier molecular flexibility index (Phi) is 4.20. The van der Waals surface area contributed by atoms with Gasteiger partial charge in [-0.05, 0) is 30.4 Å². The topological polar surface area (TPSA) is 70.6 Å². The highest BCUT2D eigenvalue weighted by Crippen LogP contribution is 2.31. The van der Waals surface area contributed by atoms with Crippen LogP contribution in [0.5, 0.6) is 0 Å². The molecule has 0 radical (unpaired) electrons. The van der Waals surface area contributed by atoms with Crippen LogP contribution in [0.25, 0.3) is 0 Å². The van der Waals surface area contributed by atoms with E-state index in [4.69, 9.17) is 10.9 Å². The fourth-order valence-corrected chi connectivity index (χ4v) is 2.63. The molecule has 2 unspecified atom stereocenters. The molecule has 4 heteroatoms. The van der Waals surface area contributed by atoms with Crippen LogP contribution in [-0.2, 0) is 6.42 Å². The number of nitrogens with two attached hydrogens (primary N) is 1. The number of nitrogens with one attached hydrogen (secondary N) is 1. The zero-order valence-electron chi connectivity index (χ0n) is 10.8. The van der Waals surface area contributed by atoms with Gasteiger partial charge in [-0.3, -0.25) is 0 Å². The van der Waals surface area contributed by atoms with E-state index in [9.17, 15) is 0 Å². The normalized spacial score (nSPS) is 20.7. The van der Waals surface area contributed by atoms with E-state index in [1.54, 1.807) is 0 Å². The van der Waals surface area contributed by atoms with Crippen molar-refractivity contribution in [3.63, 3.8) is 0 Å². The highest BCUT2D eigenvalue weighted by Gasteiger charge is 2.24. The Bertz CT molecular complexity index is 431. The number of amidine groups is 1. The minimum absolute atomic E-state index is 0.261. The SMILES string of the molecule is CCC(CC(N)=NO)NC1CCc2ccccc21. The molecule has 1 aliphatic carbocycles. The summed E-state index contributed by atoms with van der Waals surface area (Å²) >= 11 is 0. The zero-order chi connectivity index (χ0) is 13.0. The molecule has 0 spiro atoms. The highest BCUT2D eigenvalue weighted by molar-refractivity contribution is 5.80.